The summed E-state index contributed by atoms with van der Waals surface area (Å²) in [4.78, 5) is 0. The lowest BCUT2D eigenvalue weighted by Crippen LogP contribution is -2.48. The second kappa shape index (κ2) is 8.14. The van der Waals surface area contributed by atoms with Crippen LogP contribution >= 0.6 is 0 Å². The second-order valence-corrected chi connectivity index (χ2v) is 11.1. The predicted molar refractivity (Wildman–Crippen MR) is 114 cm³/mol. The van der Waals surface area contributed by atoms with Crippen molar-refractivity contribution in [3.8, 4) is 0 Å². The Morgan fingerprint density at radius 1 is 1.04 bits per heavy atom. The zero-order valence-electron chi connectivity index (χ0n) is 18.5. The fraction of sp³-hybridized carbons (Fsp3) is 1.00. The van der Waals surface area contributed by atoms with Gasteiger partial charge in [0.15, 0.2) is 0 Å². The summed E-state index contributed by atoms with van der Waals surface area (Å²) in [7, 11) is 0. The monoisotopic (exact) mass is 361 g/mol. The van der Waals surface area contributed by atoms with Crippen molar-refractivity contribution in [2.45, 2.75) is 105 Å². The highest BCUT2D eigenvalue weighted by Gasteiger charge is 2.55. The Balaban J connectivity index is 1.83. The van der Waals surface area contributed by atoms with E-state index in [0.717, 1.165) is 42.1 Å². The average Bonchev–Trinajstić information content (AvgIpc) is 2.93. The summed E-state index contributed by atoms with van der Waals surface area (Å²) in [6, 6.07) is 0. The van der Waals surface area contributed by atoms with Gasteiger partial charge in [-0.05, 0) is 104 Å². The lowest BCUT2D eigenvalue weighted by Gasteiger charge is -2.56. The Morgan fingerprint density at radius 3 is 2.50 bits per heavy atom. The van der Waals surface area contributed by atoms with E-state index in [9.17, 15) is 0 Å². The molecule has 8 unspecified atom stereocenters. The van der Waals surface area contributed by atoms with E-state index in [1.807, 2.05) is 0 Å². The fourth-order valence-electron chi connectivity index (χ4n) is 8.49. The van der Waals surface area contributed by atoms with Crippen LogP contribution in [0.3, 0.4) is 0 Å². The molecule has 0 heterocycles. The van der Waals surface area contributed by atoms with Gasteiger partial charge in [-0.3, -0.25) is 0 Å². The van der Waals surface area contributed by atoms with Crippen LogP contribution in [-0.2, 0) is 0 Å². The topological polar surface area (TPSA) is 26.0 Å². The first-order valence-electron chi connectivity index (χ1n) is 12.1. The zero-order valence-corrected chi connectivity index (χ0v) is 18.5. The molecule has 152 valence electrons. The third-order valence-electron chi connectivity index (χ3n) is 10.1. The SMILES string of the molecule is CCCC1(C)C(C(C)CCN)CCC1C1CCC2CCCCC2(C)C1C. The molecule has 0 aliphatic heterocycles. The Bertz CT molecular complexity index is 459. The molecule has 3 saturated carbocycles. The maximum absolute atomic E-state index is 5.95. The lowest BCUT2D eigenvalue weighted by atomic mass is 9.49. The summed E-state index contributed by atoms with van der Waals surface area (Å²) in [6.45, 7) is 13.8. The van der Waals surface area contributed by atoms with Gasteiger partial charge in [0.1, 0.15) is 0 Å². The summed E-state index contributed by atoms with van der Waals surface area (Å²) in [5, 5.41) is 0. The third-order valence-corrected chi connectivity index (χ3v) is 10.1. The number of rotatable bonds is 6. The Morgan fingerprint density at radius 2 is 1.81 bits per heavy atom. The van der Waals surface area contributed by atoms with E-state index >= 15 is 0 Å². The standard InChI is InChI=1S/C25H47N/c1-6-15-25(5)22(18(2)14-17-26)12-13-23(25)21-11-10-20-9-7-8-16-24(20,4)19(21)3/h18-23H,6-17,26H2,1-5H3. The van der Waals surface area contributed by atoms with Crippen molar-refractivity contribution in [1.82, 2.24) is 0 Å². The van der Waals surface area contributed by atoms with Gasteiger partial charge < -0.3 is 5.73 Å². The van der Waals surface area contributed by atoms with E-state index in [0.29, 0.717) is 10.8 Å². The number of hydrogen-bond donors (Lipinski definition) is 1. The van der Waals surface area contributed by atoms with Crippen molar-refractivity contribution < 1.29 is 0 Å². The molecule has 0 aromatic heterocycles. The van der Waals surface area contributed by atoms with Crippen LogP contribution in [0.2, 0.25) is 0 Å². The molecular weight excluding hydrogens is 314 g/mol. The molecule has 2 N–H and O–H groups in total. The summed E-state index contributed by atoms with van der Waals surface area (Å²) >= 11 is 0. The molecule has 1 nitrogen and oxygen atoms in total. The van der Waals surface area contributed by atoms with Gasteiger partial charge in [0.2, 0.25) is 0 Å². The minimum Gasteiger partial charge on any atom is -0.330 e. The quantitative estimate of drug-likeness (QED) is 0.539. The summed E-state index contributed by atoms with van der Waals surface area (Å²) in [5.41, 5.74) is 7.14. The van der Waals surface area contributed by atoms with E-state index in [1.54, 1.807) is 0 Å². The van der Waals surface area contributed by atoms with E-state index in [-0.39, 0.29) is 0 Å². The molecule has 1 heteroatoms. The maximum Gasteiger partial charge on any atom is -0.00746 e. The van der Waals surface area contributed by atoms with Crippen LogP contribution in [0.1, 0.15) is 105 Å². The van der Waals surface area contributed by atoms with Crippen molar-refractivity contribution in [2.24, 2.45) is 52.1 Å². The summed E-state index contributed by atoms with van der Waals surface area (Å²) in [5.74, 6) is 5.58. The Hall–Kier alpha value is -0.0400. The number of fused-ring (bicyclic) bond motifs is 1. The molecular formula is C25H47N. The van der Waals surface area contributed by atoms with Crippen LogP contribution in [0.4, 0.5) is 0 Å². The third kappa shape index (κ3) is 3.40. The molecule has 0 spiro atoms. The van der Waals surface area contributed by atoms with Gasteiger partial charge in [0, 0.05) is 0 Å². The Labute approximate surface area is 164 Å². The molecule has 3 aliphatic carbocycles. The average molecular weight is 362 g/mol. The molecule has 3 rings (SSSR count). The van der Waals surface area contributed by atoms with Crippen molar-refractivity contribution >= 4 is 0 Å². The smallest absolute Gasteiger partial charge is 0.00746 e. The van der Waals surface area contributed by atoms with Crippen molar-refractivity contribution in [3.63, 3.8) is 0 Å². The van der Waals surface area contributed by atoms with Gasteiger partial charge in [-0.2, -0.15) is 0 Å². The first-order chi connectivity index (χ1) is 12.4. The molecule has 0 radical (unpaired) electrons. The van der Waals surface area contributed by atoms with Gasteiger partial charge in [-0.15, -0.1) is 0 Å². The molecule has 0 bridgehead atoms. The van der Waals surface area contributed by atoms with E-state index < -0.39 is 0 Å². The van der Waals surface area contributed by atoms with Crippen molar-refractivity contribution in [3.05, 3.63) is 0 Å². The molecule has 0 aromatic carbocycles. The molecule has 3 fully saturated rings. The van der Waals surface area contributed by atoms with Crippen LogP contribution in [0.5, 0.6) is 0 Å². The van der Waals surface area contributed by atoms with Crippen LogP contribution in [0, 0.1) is 46.3 Å². The Kier molecular flexibility index (Phi) is 6.48. The molecule has 0 aromatic rings. The highest BCUT2D eigenvalue weighted by Crippen LogP contribution is 2.63. The van der Waals surface area contributed by atoms with Crippen LogP contribution in [0.15, 0.2) is 0 Å². The van der Waals surface area contributed by atoms with Crippen LogP contribution in [0.25, 0.3) is 0 Å². The first-order valence-corrected chi connectivity index (χ1v) is 12.1. The number of nitrogens with two attached hydrogens (primary N) is 1. The van der Waals surface area contributed by atoms with Crippen molar-refractivity contribution in [1.29, 1.82) is 0 Å². The van der Waals surface area contributed by atoms with Gasteiger partial charge in [0.05, 0.1) is 0 Å². The molecule has 0 saturated heterocycles. The van der Waals surface area contributed by atoms with Gasteiger partial charge in [-0.25, -0.2) is 0 Å². The summed E-state index contributed by atoms with van der Waals surface area (Å²) in [6.07, 6.45) is 16.0. The summed E-state index contributed by atoms with van der Waals surface area (Å²) < 4.78 is 0. The number of hydrogen-bond acceptors (Lipinski definition) is 1. The zero-order chi connectivity index (χ0) is 18.9. The van der Waals surface area contributed by atoms with Gasteiger partial charge in [0.25, 0.3) is 0 Å². The van der Waals surface area contributed by atoms with Crippen molar-refractivity contribution in [2.75, 3.05) is 6.54 Å². The lowest BCUT2D eigenvalue weighted by molar-refractivity contribution is -0.0692. The highest BCUT2D eigenvalue weighted by molar-refractivity contribution is 5.04. The second-order valence-electron chi connectivity index (χ2n) is 11.1. The minimum atomic E-state index is 0.556. The minimum absolute atomic E-state index is 0.556. The molecule has 3 aliphatic rings. The molecule has 8 atom stereocenters. The van der Waals surface area contributed by atoms with E-state index in [4.69, 9.17) is 5.73 Å². The van der Waals surface area contributed by atoms with Crippen LogP contribution in [-0.4, -0.2) is 6.54 Å². The van der Waals surface area contributed by atoms with Crippen LogP contribution < -0.4 is 5.73 Å². The van der Waals surface area contributed by atoms with Gasteiger partial charge in [-0.1, -0.05) is 53.9 Å². The highest BCUT2D eigenvalue weighted by atomic mass is 14.6. The normalized spacial score (nSPS) is 47.5. The van der Waals surface area contributed by atoms with E-state index in [1.165, 1.54) is 70.6 Å². The van der Waals surface area contributed by atoms with Gasteiger partial charge >= 0.3 is 0 Å². The van der Waals surface area contributed by atoms with E-state index in [2.05, 4.69) is 34.6 Å². The predicted octanol–water partition coefficient (Wildman–Crippen LogP) is 7.05. The molecule has 0 amide bonds. The fourth-order valence-corrected chi connectivity index (χ4v) is 8.49. The maximum atomic E-state index is 5.95. The molecule has 26 heavy (non-hydrogen) atoms. The largest absolute Gasteiger partial charge is 0.330 e. The first kappa shape index (κ1) is 20.7.